The summed E-state index contributed by atoms with van der Waals surface area (Å²) in [5.74, 6) is 0.349. The summed E-state index contributed by atoms with van der Waals surface area (Å²) >= 11 is 5.90. The van der Waals surface area contributed by atoms with Crippen LogP contribution in [0.3, 0.4) is 0 Å². The maximum atomic E-state index is 12.6. The van der Waals surface area contributed by atoms with Crippen LogP contribution >= 0.6 is 11.6 Å². The molecule has 1 aliphatic heterocycles. The van der Waals surface area contributed by atoms with Gasteiger partial charge in [0.25, 0.3) is 5.91 Å². The molecular weight excluding hydrogens is 357 g/mol. The molecule has 0 saturated carbocycles. The van der Waals surface area contributed by atoms with Gasteiger partial charge in [0.15, 0.2) is 6.10 Å². The predicted octanol–water partition coefficient (Wildman–Crippen LogP) is 3.51. The second-order valence-corrected chi connectivity index (χ2v) is 6.68. The van der Waals surface area contributed by atoms with Crippen LogP contribution < -0.4 is 4.74 Å². The van der Waals surface area contributed by atoms with Crippen LogP contribution in [-0.2, 0) is 4.79 Å². The van der Waals surface area contributed by atoms with Crippen molar-refractivity contribution < 1.29 is 22.7 Å². The third-order valence-corrected chi connectivity index (χ3v) is 4.33. The Balaban J connectivity index is 1.93. The molecule has 0 N–H and O–H groups in total. The maximum absolute atomic E-state index is 12.6. The highest BCUT2D eigenvalue weighted by Crippen LogP contribution is 2.23. The molecule has 0 spiro atoms. The molecule has 0 aromatic heterocycles. The Labute approximate surface area is 150 Å². The fourth-order valence-electron chi connectivity index (χ4n) is 2.85. The number of carbonyl (C=O) groups excluding carboxylic acids is 1. The first-order chi connectivity index (χ1) is 11.7. The summed E-state index contributed by atoms with van der Waals surface area (Å²) in [5.41, 5.74) is 0.819. The molecule has 1 saturated heterocycles. The number of hydrogen-bond donors (Lipinski definition) is 0. The number of halogens is 4. The summed E-state index contributed by atoms with van der Waals surface area (Å²) < 4.78 is 43.3. The van der Waals surface area contributed by atoms with Crippen molar-refractivity contribution in [2.24, 2.45) is 0 Å². The largest absolute Gasteiger partial charge is 0.481 e. The van der Waals surface area contributed by atoms with E-state index >= 15 is 0 Å². The molecular formula is C17H22ClF3N2O2. The summed E-state index contributed by atoms with van der Waals surface area (Å²) in [4.78, 5) is 15.5. The van der Waals surface area contributed by atoms with Crippen molar-refractivity contribution in [3.63, 3.8) is 0 Å². The zero-order chi connectivity index (χ0) is 18.6. The number of aryl methyl sites for hydroxylation is 1. The van der Waals surface area contributed by atoms with E-state index in [0.717, 1.165) is 5.56 Å². The van der Waals surface area contributed by atoms with Crippen molar-refractivity contribution in [3.8, 4) is 5.75 Å². The van der Waals surface area contributed by atoms with Gasteiger partial charge in [-0.15, -0.1) is 0 Å². The van der Waals surface area contributed by atoms with E-state index in [-0.39, 0.29) is 19.0 Å². The molecule has 4 nitrogen and oxygen atoms in total. The van der Waals surface area contributed by atoms with Gasteiger partial charge in [-0.1, -0.05) is 11.6 Å². The molecule has 0 radical (unpaired) electrons. The van der Waals surface area contributed by atoms with Crippen LogP contribution in [0, 0.1) is 6.92 Å². The summed E-state index contributed by atoms with van der Waals surface area (Å²) in [5, 5.41) is 0.584. The van der Waals surface area contributed by atoms with E-state index < -0.39 is 18.8 Å². The van der Waals surface area contributed by atoms with E-state index in [9.17, 15) is 18.0 Å². The highest BCUT2D eigenvalue weighted by atomic mass is 35.5. The molecule has 25 heavy (non-hydrogen) atoms. The lowest BCUT2D eigenvalue weighted by atomic mass is 10.2. The number of benzene rings is 1. The Morgan fingerprint density at radius 1 is 1.28 bits per heavy atom. The van der Waals surface area contributed by atoms with Crippen LogP contribution in [-0.4, -0.2) is 60.7 Å². The van der Waals surface area contributed by atoms with E-state index in [1.165, 1.54) is 4.90 Å². The summed E-state index contributed by atoms with van der Waals surface area (Å²) in [6, 6.07) is 5.13. The molecule has 0 aliphatic carbocycles. The highest BCUT2D eigenvalue weighted by Gasteiger charge is 2.32. The standard InChI is InChI=1S/C17H22ClF3N2O2/c1-12-10-14(18)4-5-15(12)25-13(2)16(24)23-7-3-6-22(8-9-23)11-17(19,20)21/h4-5,10,13H,3,6-9,11H2,1-2H3/t13-/m1/s1. The molecule has 1 heterocycles. The number of ether oxygens (including phenoxy) is 1. The molecule has 1 aliphatic rings. The van der Waals surface area contributed by atoms with Gasteiger partial charge < -0.3 is 9.64 Å². The maximum Gasteiger partial charge on any atom is 0.401 e. The van der Waals surface area contributed by atoms with Gasteiger partial charge in [0.05, 0.1) is 6.54 Å². The topological polar surface area (TPSA) is 32.8 Å². The summed E-state index contributed by atoms with van der Waals surface area (Å²) in [6.45, 7) is 3.77. The van der Waals surface area contributed by atoms with Crippen molar-refractivity contribution in [2.45, 2.75) is 32.5 Å². The van der Waals surface area contributed by atoms with Gasteiger partial charge in [-0.2, -0.15) is 13.2 Å². The molecule has 1 atom stereocenters. The Morgan fingerprint density at radius 3 is 2.64 bits per heavy atom. The van der Waals surface area contributed by atoms with Crippen LogP contribution in [0.5, 0.6) is 5.75 Å². The van der Waals surface area contributed by atoms with Gasteiger partial charge in [0, 0.05) is 31.2 Å². The molecule has 8 heteroatoms. The third kappa shape index (κ3) is 6.08. The number of carbonyl (C=O) groups is 1. The average molecular weight is 379 g/mol. The lowest BCUT2D eigenvalue weighted by molar-refractivity contribution is -0.145. The molecule has 1 amide bonds. The quantitative estimate of drug-likeness (QED) is 0.803. The first kappa shape index (κ1) is 19.8. The zero-order valence-electron chi connectivity index (χ0n) is 14.3. The molecule has 1 fully saturated rings. The number of hydrogen-bond acceptors (Lipinski definition) is 3. The molecule has 140 valence electrons. The number of alkyl halides is 3. The Morgan fingerprint density at radius 2 is 2.00 bits per heavy atom. The van der Waals surface area contributed by atoms with Crippen molar-refractivity contribution in [1.29, 1.82) is 0 Å². The van der Waals surface area contributed by atoms with E-state index in [0.29, 0.717) is 30.3 Å². The SMILES string of the molecule is Cc1cc(Cl)ccc1O[C@H](C)C(=O)N1CCCN(CC(F)(F)F)CC1. The Kier molecular flexibility index (Phi) is 6.57. The number of rotatable bonds is 4. The molecule has 1 aromatic carbocycles. The average Bonchev–Trinajstić information content (AvgIpc) is 2.73. The van der Waals surface area contributed by atoms with Gasteiger partial charge in [-0.25, -0.2) is 0 Å². The van der Waals surface area contributed by atoms with Gasteiger partial charge in [-0.05, 0) is 44.0 Å². The summed E-state index contributed by atoms with van der Waals surface area (Å²) in [7, 11) is 0. The Hall–Kier alpha value is -1.47. The van der Waals surface area contributed by atoms with E-state index in [1.807, 2.05) is 6.92 Å². The van der Waals surface area contributed by atoms with Crippen LogP contribution in [0.4, 0.5) is 13.2 Å². The monoisotopic (exact) mass is 378 g/mol. The van der Waals surface area contributed by atoms with Gasteiger partial charge in [0.2, 0.25) is 0 Å². The first-order valence-corrected chi connectivity index (χ1v) is 8.54. The van der Waals surface area contributed by atoms with Crippen molar-refractivity contribution in [1.82, 2.24) is 9.80 Å². The minimum atomic E-state index is -4.22. The third-order valence-electron chi connectivity index (χ3n) is 4.09. The zero-order valence-corrected chi connectivity index (χ0v) is 15.0. The first-order valence-electron chi connectivity index (χ1n) is 8.16. The van der Waals surface area contributed by atoms with E-state index in [2.05, 4.69) is 0 Å². The molecule has 0 bridgehead atoms. The van der Waals surface area contributed by atoms with Crippen LogP contribution in [0.25, 0.3) is 0 Å². The minimum Gasteiger partial charge on any atom is -0.481 e. The fraction of sp³-hybridized carbons (Fsp3) is 0.588. The summed E-state index contributed by atoms with van der Waals surface area (Å²) in [6.07, 6.45) is -4.43. The van der Waals surface area contributed by atoms with Crippen molar-refractivity contribution in [3.05, 3.63) is 28.8 Å². The normalized spacial score (nSPS) is 17.9. The lowest BCUT2D eigenvalue weighted by Crippen LogP contribution is -2.43. The van der Waals surface area contributed by atoms with E-state index in [1.54, 1.807) is 30.0 Å². The second-order valence-electron chi connectivity index (χ2n) is 6.24. The predicted molar refractivity (Wildman–Crippen MR) is 90.0 cm³/mol. The van der Waals surface area contributed by atoms with Gasteiger partial charge in [0.1, 0.15) is 5.75 Å². The van der Waals surface area contributed by atoms with Gasteiger partial charge in [-0.3, -0.25) is 9.69 Å². The molecule has 1 aromatic rings. The van der Waals surface area contributed by atoms with E-state index in [4.69, 9.17) is 16.3 Å². The highest BCUT2D eigenvalue weighted by molar-refractivity contribution is 6.30. The lowest BCUT2D eigenvalue weighted by Gasteiger charge is -2.25. The number of nitrogens with zero attached hydrogens (tertiary/aromatic N) is 2. The van der Waals surface area contributed by atoms with Crippen molar-refractivity contribution in [2.75, 3.05) is 32.7 Å². The smallest absolute Gasteiger partial charge is 0.401 e. The van der Waals surface area contributed by atoms with Crippen molar-refractivity contribution >= 4 is 17.5 Å². The fourth-order valence-corrected chi connectivity index (χ4v) is 3.07. The van der Waals surface area contributed by atoms with Crippen LogP contribution in [0.1, 0.15) is 18.9 Å². The van der Waals surface area contributed by atoms with Crippen LogP contribution in [0.15, 0.2) is 18.2 Å². The minimum absolute atomic E-state index is 0.206. The molecule has 2 rings (SSSR count). The Bertz CT molecular complexity index is 610. The molecule has 0 unspecified atom stereocenters. The number of amides is 1. The van der Waals surface area contributed by atoms with Crippen LogP contribution in [0.2, 0.25) is 5.02 Å². The second kappa shape index (κ2) is 8.27. The van der Waals surface area contributed by atoms with Gasteiger partial charge >= 0.3 is 6.18 Å².